The molecule has 0 aromatic rings. The third-order valence-corrected chi connectivity index (χ3v) is 3.59. The summed E-state index contributed by atoms with van der Waals surface area (Å²) in [6, 6.07) is 0. The zero-order valence-electron chi connectivity index (χ0n) is 7.86. The molecule has 0 amide bonds. The lowest BCUT2D eigenvalue weighted by Gasteiger charge is -2.08. The van der Waals surface area contributed by atoms with Gasteiger partial charge in [-0.3, -0.25) is 4.79 Å². The third-order valence-electron chi connectivity index (χ3n) is 1.32. The number of aliphatic carboxylic acids is 1. The number of carbonyl (C=O) groups excluding carboxylic acids is 1. The van der Waals surface area contributed by atoms with E-state index in [1.165, 1.54) is 28.5 Å². The molecular formula is C8H13NO3S2. The molecule has 0 spiro atoms. The van der Waals surface area contributed by atoms with Crippen LogP contribution in [0.3, 0.4) is 0 Å². The van der Waals surface area contributed by atoms with E-state index in [0.29, 0.717) is 10.8 Å². The van der Waals surface area contributed by atoms with Gasteiger partial charge in [-0.1, -0.05) is 17.4 Å². The molecule has 0 bridgehead atoms. The van der Waals surface area contributed by atoms with Gasteiger partial charge in [0.25, 0.3) is 0 Å². The number of hydrogen-bond acceptors (Lipinski definition) is 5. The van der Waals surface area contributed by atoms with Gasteiger partial charge in [-0.05, 0) is 17.7 Å². The number of carbonyl (C=O) groups is 2. The molecule has 0 rings (SSSR count). The molecule has 0 fully saturated rings. The second-order valence-corrected chi connectivity index (χ2v) is 5.24. The molecule has 80 valence electrons. The Morgan fingerprint density at radius 1 is 1.57 bits per heavy atom. The summed E-state index contributed by atoms with van der Waals surface area (Å²) < 4.78 is 0. The number of hydrogen-bond donors (Lipinski definition) is 2. The highest BCUT2D eigenvalue weighted by molar-refractivity contribution is 8.78. The average molecular weight is 235 g/mol. The fraction of sp³-hybridized carbons (Fsp3) is 0.500. The van der Waals surface area contributed by atoms with E-state index in [1.54, 1.807) is 0 Å². The van der Waals surface area contributed by atoms with Gasteiger partial charge < -0.3 is 15.6 Å². The molecule has 0 aromatic carbocycles. The minimum atomic E-state index is -0.948. The first-order valence-electron chi connectivity index (χ1n) is 3.89. The maximum Gasteiger partial charge on any atom is 0.307 e. The lowest BCUT2D eigenvalue weighted by atomic mass is 10.1. The van der Waals surface area contributed by atoms with Crippen LogP contribution in [0.4, 0.5) is 0 Å². The summed E-state index contributed by atoms with van der Waals surface area (Å²) in [4.78, 5) is 21.4. The highest BCUT2D eigenvalue weighted by atomic mass is 33.1. The van der Waals surface area contributed by atoms with Crippen molar-refractivity contribution in [2.75, 3.05) is 5.75 Å². The molecule has 14 heavy (non-hydrogen) atoms. The molecule has 1 atom stereocenters. The van der Waals surface area contributed by atoms with Crippen LogP contribution in [-0.2, 0) is 9.59 Å². The summed E-state index contributed by atoms with van der Waals surface area (Å²) in [5.41, 5.74) is 5.29. The number of carboxylic acid groups (broad SMARTS) is 1. The topological polar surface area (TPSA) is 80.4 Å². The number of nitrogens with two attached hydrogens (primary N) is 1. The summed E-state index contributed by atoms with van der Waals surface area (Å²) in [7, 11) is 2.53. The zero-order valence-corrected chi connectivity index (χ0v) is 9.49. The van der Waals surface area contributed by atoms with Crippen molar-refractivity contribution < 1.29 is 14.7 Å². The molecule has 1 unspecified atom stereocenters. The van der Waals surface area contributed by atoms with Gasteiger partial charge in [0.05, 0.1) is 10.9 Å². The van der Waals surface area contributed by atoms with Gasteiger partial charge >= 0.3 is 5.97 Å². The van der Waals surface area contributed by atoms with Crippen LogP contribution in [-0.4, -0.2) is 22.6 Å². The molecular weight excluding hydrogens is 222 g/mol. The van der Waals surface area contributed by atoms with Crippen LogP contribution in [0.15, 0.2) is 11.6 Å². The van der Waals surface area contributed by atoms with Crippen LogP contribution in [0.5, 0.6) is 0 Å². The first-order valence-corrected chi connectivity index (χ1v) is 6.21. The molecule has 6 heteroatoms. The van der Waals surface area contributed by atoms with Crippen LogP contribution >= 0.6 is 21.6 Å². The molecule has 3 N–H and O–H groups in total. The largest absolute Gasteiger partial charge is 0.481 e. The number of ketones is 1. The molecule has 0 saturated heterocycles. The first-order chi connectivity index (χ1) is 6.43. The Bertz CT molecular complexity index is 243. The van der Waals surface area contributed by atoms with Gasteiger partial charge in [0.15, 0.2) is 0 Å². The zero-order chi connectivity index (χ0) is 11.1. The summed E-state index contributed by atoms with van der Waals surface area (Å²) in [5.74, 6) is -1.34. The fourth-order valence-electron chi connectivity index (χ4n) is 0.756. The lowest BCUT2D eigenvalue weighted by molar-refractivity contribution is -0.142. The monoisotopic (exact) mass is 235 g/mol. The van der Waals surface area contributed by atoms with E-state index in [-0.39, 0.29) is 12.2 Å². The molecule has 0 saturated carbocycles. The number of carboxylic acids is 1. The average Bonchev–Trinajstić information content (AvgIpc) is 2.00. The van der Waals surface area contributed by atoms with Crippen LogP contribution in [0.1, 0.15) is 13.3 Å². The second-order valence-electron chi connectivity index (χ2n) is 2.78. The van der Waals surface area contributed by atoms with Crippen molar-refractivity contribution in [1.29, 1.82) is 0 Å². The smallest absolute Gasteiger partial charge is 0.307 e. The summed E-state index contributed by atoms with van der Waals surface area (Å²) in [6.07, 6.45) is 0.0694. The van der Waals surface area contributed by atoms with Gasteiger partial charge in [0, 0.05) is 12.2 Å². The van der Waals surface area contributed by atoms with E-state index in [9.17, 15) is 9.59 Å². The van der Waals surface area contributed by atoms with Gasteiger partial charge in [-0.2, -0.15) is 0 Å². The van der Waals surface area contributed by atoms with Crippen molar-refractivity contribution in [3.8, 4) is 0 Å². The van der Waals surface area contributed by atoms with Crippen molar-refractivity contribution in [3.63, 3.8) is 0 Å². The molecule has 0 aromatic heterocycles. The van der Waals surface area contributed by atoms with E-state index in [1.807, 2.05) is 0 Å². The Labute approximate surface area is 90.7 Å². The minimum Gasteiger partial charge on any atom is -0.481 e. The maximum atomic E-state index is 10.7. The first kappa shape index (κ1) is 13.4. The maximum absolute atomic E-state index is 10.7. The van der Waals surface area contributed by atoms with Gasteiger partial charge in [0.2, 0.25) is 0 Å². The Morgan fingerprint density at radius 2 is 2.14 bits per heavy atom. The number of Topliss-reactive ketones (excluding diaryl/α,β-unsaturated/α-hetero) is 1. The predicted octanol–water partition coefficient (Wildman–Crippen LogP) is 1.48. The Morgan fingerprint density at radius 3 is 2.50 bits per heavy atom. The molecule has 0 aliphatic heterocycles. The van der Waals surface area contributed by atoms with Gasteiger partial charge in [0.1, 0.15) is 5.78 Å². The van der Waals surface area contributed by atoms with E-state index >= 15 is 0 Å². The van der Waals surface area contributed by atoms with Crippen molar-refractivity contribution in [1.82, 2.24) is 0 Å². The summed E-state index contributed by atoms with van der Waals surface area (Å²) in [5, 5.41) is 9.19. The highest BCUT2D eigenvalue weighted by Crippen LogP contribution is 2.28. The SMILES string of the molecule is C=C(N)SSCC(CC(C)=O)C(=O)O. The standard InChI is InChI=1S/C8H13NO3S2/c1-5(10)3-7(8(11)12)4-13-14-6(2)9/h7H,2-4,9H2,1H3,(H,11,12). The highest BCUT2D eigenvalue weighted by Gasteiger charge is 2.19. The Hall–Kier alpha value is -0.620. The van der Waals surface area contributed by atoms with E-state index in [4.69, 9.17) is 10.8 Å². The van der Waals surface area contributed by atoms with E-state index in [2.05, 4.69) is 6.58 Å². The molecule has 0 radical (unpaired) electrons. The fourth-order valence-corrected chi connectivity index (χ4v) is 2.55. The second kappa shape index (κ2) is 6.78. The summed E-state index contributed by atoms with van der Waals surface area (Å²) >= 11 is 0. The van der Waals surface area contributed by atoms with Crippen LogP contribution < -0.4 is 5.73 Å². The Balaban J connectivity index is 3.91. The van der Waals surface area contributed by atoms with Crippen molar-refractivity contribution >= 4 is 33.3 Å². The minimum absolute atomic E-state index is 0.0694. The van der Waals surface area contributed by atoms with E-state index in [0.717, 1.165) is 0 Å². The van der Waals surface area contributed by atoms with Crippen molar-refractivity contribution in [2.24, 2.45) is 11.7 Å². The van der Waals surface area contributed by atoms with Crippen molar-refractivity contribution in [2.45, 2.75) is 13.3 Å². The predicted molar refractivity (Wildman–Crippen MR) is 59.8 cm³/mol. The van der Waals surface area contributed by atoms with Crippen LogP contribution in [0.25, 0.3) is 0 Å². The molecule has 4 nitrogen and oxygen atoms in total. The van der Waals surface area contributed by atoms with Crippen LogP contribution in [0.2, 0.25) is 0 Å². The lowest BCUT2D eigenvalue weighted by Crippen LogP contribution is -2.18. The number of rotatable bonds is 7. The molecule has 0 aliphatic carbocycles. The molecule has 0 aliphatic rings. The third kappa shape index (κ3) is 6.85. The van der Waals surface area contributed by atoms with Crippen molar-refractivity contribution in [3.05, 3.63) is 11.6 Å². The van der Waals surface area contributed by atoms with Gasteiger partial charge in [-0.15, -0.1) is 0 Å². The summed E-state index contributed by atoms with van der Waals surface area (Å²) in [6.45, 7) is 4.85. The van der Waals surface area contributed by atoms with Gasteiger partial charge in [-0.25, -0.2) is 0 Å². The Kier molecular flexibility index (Phi) is 6.48. The quantitative estimate of drug-likeness (QED) is 0.650. The normalized spacial score (nSPS) is 12.1. The van der Waals surface area contributed by atoms with Crippen LogP contribution in [0, 0.1) is 5.92 Å². The van der Waals surface area contributed by atoms with E-state index < -0.39 is 11.9 Å². The molecule has 0 heterocycles.